The van der Waals surface area contributed by atoms with E-state index < -0.39 is 0 Å². The molecule has 0 atom stereocenters. The Kier molecular flexibility index (Phi) is 5.81. The smallest absolute Gasteiger partial charge is 0.257 e. The molecule has 1 aliphatic rings. The molecule has 5 rings (SSSR count). The van der Waals surface area contributed by atoms with Crippen LogP contribution in [0.4, 0.5) is 11.4 Å². The van der Waals surface area contributed by atoms with E-state index in [0.29, 0.717) is 5.56 Å². The summed E-state index contributed by atoms with van der Waals surface area (Å²) in [5, 5.41) is 3.97. The Balaban J connectivity index is 1.20. The van der Waals surface area contributed by atoms with Crippen molar-refractivity contribution in [2.75, 3.05) is 36.4 Å². The molecule has 3 aromatic carbocycles. The van der Waals surface area contributed by atoms with Gasteiger partial charge in [-0.05, 0) is 42.0 Å². The van der Waals surface area contributed by atoms with Crippen molar-refractivity contribution in [3.63, 3.8) is 0 Å². The van der Waals surface area contributed by atoms with Gasteiger partial charge in [0, 0.05) is 55.7 Å². The number of nitrogens with zero attached hydrogens (tertiary/aromatic N) is 3. The first-order chi connectivity index (χ1) is 15.8. The molecular weight excluding hydrogens is 396 g/mol. The first-order valence-electron chi connectivity index (χ1n) is 11.0. The van der Waals surface area contributed by atoms with E-state index in [9.17, 15) is 4.79 Å². The van der Waals surface area contributed by atoms with Crippen LogP contribution in [0.2, 0.25) is 0 Å². The Hall–Kier alpha value is -3.70. The van der Waals surface area contributed by atoms with Crippen molar-refractivity contribution in [3.05, 3.63) is 102 Å². The maximum absolute atomic E-state index is 12.8. The van der Waals surface area contributed by atoms with Crippen molar-refractivity contribution in [3.8, 4) is 0 Å². The topological polar surface area (TPSA) is 48.5 Å². The van der Waals surface area contributed by atoms with E-state index in [1.165, 1.54) is 11.3 Å². The first kappa shape index (κ1) is 20.2. The van der Waals surface area contributed by atoms with E-state index in [2.05, 4.69) is 62.6 Å². The number of piperazine rings is 1. The van der Waals surface area contributed by atoms with Crippen LogP contribution < -0.4 is 10.2 Å². The summed E-state index contributed by atoms with van der Waals surface area (Å²) in [5.74, 6) is -0.142. The Morgan fingerprint density at radius 2 is 1.56 bits per heavy atom. The largest absolute Gasteiger partial charge is 0.369 e. The minimum Gasteiger partial charge on any atom is -0.369 e. The van der Waals surface area contributed by atoms with Gasteiger partial charge in [0.25, 0.3) is 5.91 Å². The second kappa shape index (κ2) is 9.20. The highest BCUT2D eigenvalue weighted by Gasteiger charge is 2.17. The van der Waals surface area contributed by atoms with Gasteiger partial charge in [0.05, 0.1) is 11.1 Å². The van der Waals surface area contributed by atoms with Crippen molar-refractivity contribution < 1.29 is 4.79 Å². The Bertz CT molecular complexity index is 1190. The summed E-state index contributed by atoms with van der Waals surface area (Å²) in [6, 6.07) is 28.3. The summed E-state index contributed by atoms with van der Waals surface area (Å²) >= 11 is 0. The normalized spacial score (nSPS) is 14.4. The van der Waals surface area contributed by atoms with Gasteiger partial charge >= 0.3 is 0 Å². The van der Waals surface area contributed by atoms with Gasteiger partial charge in [0.1, 0.15) is 0 Å². The molecule has 1 N–H and O–H groups in total. The lowest BCUT2D eigenvalue weighted by Gasteiger charge is -2.36. The third-order valence-electron chi connectivity index (χ3n) is 5.99. The van der Waals surface area contributed by atoms with Crippen LogP contribution in [0.15, 0.2) is 91.1 Å². The number of amides is 1. The van der Waals surface area contributed by atoms with E-state index >= 15 is 0 Å². The van der Waals surface area contributed by atoms with Gasteiger partial charge in [-0.1, -0.05) is 48.5 Å². The summed E-state index contributed by atoms with van der Waals surface area (Å²) in [5.41, 5.74) is 4.64. The molecule has 0 radical (unpaired) electrons. The number of para-hydroxylation sites is 1. The maximum Gasteiger partial charge on any atom is 0.257 e. The zero-order chi connectivity index (χ0) is 21.8. The minimum absolute atomic E-state index is 0.142. The van der Waals surface area contributed by atoms with E-state index in [0.717, 1.165) is 49.3 Å². The fourth-order valence-electron chi connectivity index (χ4n) is 4.25. The van der Waals surface area contributed by atoms with Crippen LogP contribution in [0.3, 0.4) is 0 Å². The number of carbonyl (C=O) groups is 1. The standard InChI is InChI=1S/C27H26N4O/c32-27(25-10-4-8-22-9-5-15-28-26(22)25)29-23-11-13-24(14-12-23)31-18-16-30(17-19-31)20-21-6-2-1-3-7-21/h1-15H,16-20H2,(H,29,32). The number of benzene rings is 3. The lowest BCUT2D eigenvalue weighted by Crippen LogP contribution is -2.45. The molecule has 2 heterocycles. The molecule has 1 aromatic heterocycles. The molecule has 5 heteroatoms. The quantitative estimate of drug-likeness (QED) is 0.501. The third-order valence-corrected chi connectivity index (χ3v) is 5.99. The van der Waals surface area contributed by atoms with Crippen LogP contribution in [-0.2, 0) is 6.54 Å². The number of aromatic nitrogens is 1. The van der Waals surface area contributed by atoms with E-state index in [4.69, 9.17) is 0 Å². The fourth-order valence-corrected chi connectivity index (χ4v) is 4.25. The average Bonchev–Trinajstić information content (AvgIpc) is 2.85. The van der Waals surface area contributed by atoms with Crippen LogP contribution in [-0.4, -0.2) is 42.0 Å². The molecule has 5 nitrogen and oxygen atoms in total. The molecule has 1 aliphatic heterocycles. The molecule has 1 fully saturated rings. The maximum atomic E-state index is 12.8. The third kappa shape index (κ3) is 4.48. The van der Waals surface area contributed by atoms with Crippen LogP contribution in [0, 0.1) is 0 Å². The predicted octanol–water partition coefficient (Wildman–Crippen LogP) is 4.81. The zero-order valence-electron chi connectivity index (χ0n) is 17.9. The number of hydrogen-bond acceptors (Lipinski definition) is 4. The summed E-state index contributed by atoms with van der Waals surface area (Å²) in [6.07, 6.45) is 1.72. The van der Waals surface area contributed by atoms with E-state index in [1.54, 1.807) is 6.20 Å². The van der Waals surface area contributed by atoms with Crippen molar-refractivity contribution >= 4 is 28.2 Å². The molecule has 0 unspecified atom stereocenters. The van der Waals surface area contributed by atoms with Gasteiger partial charge in [0.2, 0.25) is 0 Å². The van der Waals surface area contributed by atoms with Crippen LogP contribution in [0.1, 0.15) is 15.9 Å². The highest BCUT2D eigenvalue weighted by atomic mass is 16.1. The van der Waals surface area contributed by atoms with Crippen molar-refractivity contribution in [1.29, 1.82) is 0 Å². The monoisotopic (exact) mass is 422 g/mol. The van der Waals surface area contributed by atoms with Crippen molar-refractivity contribution in [1.82, 2.24) is 9.88 Å². The number of nitrogens with one attached hydrogen (secondary N) is 1. The minimum atomic E-state index is -0.142. The van der Waals surface area contributed by atoms with Gasteiger partial charge in [-0.15, -0.1) is 0 Å². The number of hydrogen-bond donors (Lipinski definition) is 1. The molecule has 160 valence electrons. The SMILES string of the molecule is O=C(Nc1ccc(N2CCN(Cc3ccccc3)CC2)cc1)c1cccc2cccnc12. The van der Waals surface area contributed by atoms with Crippen LogP contribution in [0.5, 0.6) is 0 Å². The summed E-state index contributed by atoms with van der Waals surface area (Å²) < 4.78 is 0. The van der Waals surface area contributed by atoms with Gasteiger partial charge in [-0.2, -0.15) is 0 Å². The molecule has 0 saturated carbocycles. The molecule has 4 aromatic rings. The number of carbonyl (C=O) groups excluding carboxylic acids is 1. The number of pyridine rings is 1. The molecule has 0 bridgehead atoms. The predicted molar refractivity (Wildman–Crippen MR) is 130 cm³/mol. The van der Waals surface area contributed by atoms with Crippen LogP contribution >= 0.6 is 0 Å². The molecule has 0 aliphatic carbocycles. The second-order valence-corrected chi connectivity index (χ2v) is 8.13. The second-order valence-electron chi connectivity index (χ2n) is 8.13. The Morgan fingerprint density at radius 1 is 0.812 bits per heavy atom. The highest BCUT2D eigenvalue weighted by Crippen LogP contribution is 2.22. The average molecular weight is 423 g/mol. The van der Waals surface area contributed by atoms with E-state index in [1.807, 2.05) is 42.5 Å². The number of fused-ring (bicyclic) bond motifs is 1. The molecule has 1 amide bonds. The lowest BCUT2D eigenvalue weighted by atomic mass is 10.1. The summed E-state index contributed by atoms with van der Waals surface area (Å²) in [7, 11) is 0. The van der Waals surface area contributed by atoms with Gasteiger partial charge in [0.15, 0.2) is 0 Å². The van der Waals surface area contributed by atoms with Crippen molar-refractivity contribution in [2.24, 2.45) is 0 Å². The Morgan fingerprint density at radius 3 is 2.34 bits per heavy atom. The fraction of sp³-hybridized carbons (Fsp3) is 0.185. The van der Waals surface area contributed by atoms with Gasteiger partial charge in [-0.3, -0.25) is 14.7 Å². The molecule has 32 heavy (non-hydrogen) atoms. The number of rotatable bonds is 5. The molecule has 0 spiro atoms. The van der Waals surface area contributed by atoms with E-state index in [-0.39, 0.29) is 5.91 Å². The summed E-state index contributed by atoms with van der Waals surface area (Å²) in [6.45, 7) is 5.09. The lowest BCUT2D eigenvalue weighted by molar-refractivity contribution is 0.102. The first-order valence-corrected chi connectivity index (χ1v) is 11.0. The van der Waals surface area contributed by atoms with Crippen molar-refractivity contribution in [2.45, 2.75) is 6.54 Å². The summed E-state index contributed by atoms with van der Waals surface area (Å²) in [4.78, 5) is 22.1. The number of anilines is 2. The van der Waals surface area contributed by atoms with Gasteiger partial charge in [-0.25, -0.2) is 0 Å². The zero-order valence-corrected chi connectivity index (χ0v) is 17.9. The Labute approximate surface area is 188 Å². The molecular formula is C27H26N4O. The highest BCUT2D eigenvalue weighted by molar-refractivity contribution is 6.11. The van der Waals surface area contributed by atoms with Crippen LogP contribution in [0.25, 0.3) is 10.9 Å². The van der Waals surface area contributed by atoms with Gasteiger partial charge < -0.3 is 10.2 Å². The molecule has 1 saturated heterocycles.